The van der Waals surface area contributed by atoms with Gasteiger partial charge in [0.05, 0.1) is 28.9 Å². The van der Waals surface area contributed by atoms with Gasteiger partial charge in [-0.1, -0.05) is 66.5 Å². The average molecular weight is 762 g/mol. The molecule has 3 aromatic carbocycles. The predicted octanol–water partition coefficient (Wildman–Crippen LogP) is 9.54. The van der Waals surface area contributed by atoms with E-state index in [1.165, 1.54) is 0 Å². The Balaban J connectivity index is 1.57. The maximum Gasteiger partial charge on any atom is 0.255 e. The van der Waals surface area contributed by atoms with Crippen LogP contribution in [0.4, 0.5) is 11.6 Å². The van der Waals surface area contributed by atoms with Crippen molar-refractivity contribution in [2.75, 3.05) is 29.6 Å². The van der Waals surface area contributed by atoms with E-state index in [1.54, 1.807) is 34.6 Å². The van der Waals surface area contributed by atoms with E-state index in [4.69, 9.17) is 47.5 Å². The number of thioether (sulfide) groups is 1. The molecule has 2 heterocycles. The number of rotatable bonds is 14. The van der Waals surface area contributed by atoms with Crippen molar-refractivity contribution in [3.05, 3.63) is 91.5 Å². The van der Waals surface area contributed by atoms with Gasteiger partial charge >= 0.3 is 0 Å². The van der Waals surface area contributed by atoms with Gasteiger partial charge in [0.1, 0.15) is 18.4 Å². The molecule has 0 bridgehead atoms. The van der Waals surface area contributed by atoms with Crippen molar-refractivity contribution >= 4 is 68.4 Å². The van der Waals surface area contributed by atoms with Crippen LogP contribution in [0.2, 0.25) is 10.0 Å². The van der Waals surface area contributed by atoms with Gasteiger partial charge in [0.15, 0.2) is 11.5 Å². The van der Waals surface area contributed by atoms with Crippen LogP contribution in [0.3, 0.4) is 0 Å². The third-order valence-electron chi connectivity index (χ3n) is 7.31. The fraction of sp³-hybridized carbons (Fsp3) is 0.324. The first-order valence-corrected chi connectivity index (χ1v) is 17.9. The number of ether oxygens (including phenoxy) is 3. The number of nitrogens with zero attached hydrogens (tertiary/aromatic N) is 3. The second-order valence-electron chi connectivity index (χ2n) is 10.6. The summed E-state index contributed by atoms with van der Waals surface area (Å²) < 4.78 is 20.5. The molecule has 0 fully saturated rings. The number of carbonyl (C=O) groups excluding carboxylic acids is 1. The predicted molar refractivity (Wildman–Crippen MR) is 192 cm³/mol. The maximum atomic E-state index is 14.2. The summed E-state index contributed by atoms with van der Waals surface area (Å²) in [5, 5.41) is 12.9. The van der Waals surface area contributed by atoms with E-state index in [0.717, 1.165) is 24.2 Å². The molecule has 1 atom stereocenters. The minimum Gasteiger partial charge on any atom is -0.492 e. The number of hydrogen-bond acceptors (Lipinski definition) is 8. The van der Waals surface area contributed by atoms with Gasteiger partial charge in [0, 0.05) is 27.1 Å². The molecule has 5 rings (SSSR count). The number of aromatic nitrogens is 3. The molecule has 0 aliphatic carbocycles. The first kappa shape index (κ1) is 34.9. The molecule has 9 nitrogen and oxygen atoms in total. The molecule has 1 amide bonds. The molecule has 47 heavy (non-hydrogen) atoms. The molecule has 0 saturated heterocycles. The molecule has 0 saturated carbocycles. The van der Waals surface area contributed by atoms with Crippen molar-refractivity contribution in [2.24, 2.45) is 0 Å². The fourth-order valence-electron chi connectivity index (χ4n) is 5.11. The molecule has 0 radical (unpaired) electrons. The first-order chi connectivity index (χ1) is 22.7. The number of para-hydroxylation sites is 2. The van der Waals surface area contributed by atoms with Gasteiger partial charge in [-0.3, -0.25) is 4.79 Å². The number of allylic oxidation sites excluding steroid dienone is 1. The highest BCUT2D eigenvalue weighted by Gasteiger charge is 2.36. The van der Waals surface area contributed by atoms with Crippen molar-refractivity contribution in [3.63, 3.8) is 0 Å². The molecule has 2 N–H and O–H groups in total. The SMILES string of the molecule is CCCCSc1nc2n(n1)C(c1cc(Br)c(OCc3c(Cl)cccc3Cl)c(OCC)c1)C(C(=O)Nc1ccccc1OCC)=C(C)N2. The fourth-order valence-corrected chi connectivity index (χ4v) is 7.10. The molecule has 1 aliphatic heterocycles. The quantitative estimate of drug-likeness (QED) is 0.0969. The number of halogens is 3. The van der Waals surface area contributed by atoms with Crippen LogP contribution in [0.25, 0.3) is 0 Å². The first-order valence-electron chi connectivity index (χ1n) is 15.4. The van der Waals surface area contributed by atoms with Gasteiger partial charge in [-0.05, 0) is 85.1 Å². The van der Waals surface area contributed by atoms with Gasteiger partial charge in [-0.2, -0.15) is 4.98 Å². The Hall–Kier alpha value is -3.38. The van der Waals surface area contributed by atoms with Gasteiger partial charge in [0.25, 0.3) is 5.91 Å². The highest BCUT2D eigenvalue weighted by molar-refractivity contribution is 9.10. The lowest BCUT2D eigenvalue weighted by Gasteiger charge is -2.29. The second kappa shape index (κ2) is 16.1. The zero-order valence-electron chi connectivity index (χ0n) is 26.5. The van der Waals surface area contributed by atoms with Gasteiger partial charge < -0.3 is 24.8 Å². The zero-order valence-corrected chi connectivity index (χ0v) is 30.4. The van der Waals surface area contributed by atoms with E-state index in [9.17, 15) is 4.79 Å². The lowest BCUT2D eigenvalue weighted by Crippen LogP contribution is -2.31. The number of nitrogens with one attached hydrogen (secondary N) is 2. The number of amides is 1. The van der Waals surface area contributed by atoms with Crippen LogP contribution in [-0.2, 0) is 11.4 Å². The van der Waals surface area contributed by atoms with E-state index >= 15 is 0 Å². The van der Waals surface area contributed by atoms with Crippen LogP contribution in [0.1, 0.15) is 57.7 Å². The van der Waals surface area contributed by atoms with E-state index in [1.807, 2.05) is 57.2 Å². The summed E-state index contributed by atoms with van der Waals surface area (Å²) in [7, 11) is 0. The Morgan fingerprint density at radius 2 is 1.74 bits per heavy atom. The lowest BCUT2D eigenvalue weighted by molar-refractivity contribution is -0.113. The Labute approximate surface area is 297 Å². The molecule has 0 spiro atoms. The van der Waals surface area contributed by atoms with Crippen LogP contribution < -0.4 is 24.8 Å². The topological polar surface area (TPSA) is 99.5 Å². The van der Waals surface area contributed by atoms with E-state index in [-0.39, 0.29) is 12.5 Å². The zero-order chi connectivity index (χ0) is 33.5. The summed E-state index contributed by atoms with van der Waals surface area (Å²) in [4.78, 5) is 19.0. The number of hydrogen-bond donors (Lipinski definition) is 2. The Kier molecular flexibility index (Phi) is 12.0. The third-order valence-corrected chi connectivity index (χ3v) is 9.53. The standard InChI is InChI=1S/C34H36BrCl2N5O4S/c1-5-8-16-47-34-40-33-38-20(4)29(32(43)39-26-14-9-10-15-27(26)44-6-2)30(42(33)41-34)21-17-23(35)31(28(18-21)45-7-3)46-19-22-24(36)12-11-13-25(22)37/h9-15,17-18,30H,5-8,16,19H2,1-4H3,(H,39,43)(H,38,40,41). The summed E-state index contributed by atoms with van der Waals surface area (Å²) in [6.07, 6.45) is 2.11. The normalized spacial score (nSPS) is 14.0. The summed E-state index contributed by atoms with van der Waals surface area (Å²) in [6, 6.07) is 15.8. The molecule has 1 aliphatic rings. The van der Waals surface area contributed by atoms with Gasteiger partial charge in [-0.25, -0.2) is 4.68 Å². The summed E-state index contributed by atoms with van der Waals surface area (Å²) in [5.74, 6) is 2.67. The van der Waals surface area contributed by atoms with Crippen molar-refractivity contribution in [1.29, 1.82) is 0 Å². The van der Waals surface area contributed by atoms with Gasteiger partial charge in [-0.15, -0.1) is 5.10 Å². The summed E-state index contributed by atoms with van der Waals surface area (Å²) in [5.41, 5.74) is 3.08. The molecule has 248 valence electrons. The van der Waals surface area contributed by atoms with E-state index in [0.29, 0.717) is 78.6 Å². The molecular weight excluding hydrogens is 725 g/mol. The maximum absolute atomic E-state index is 14.2. The Bertz CT molecular complexity index is 1760. The highest BCUT2D eigenvalue weighted by atomic mass is 79.9. The number of benzene rings is 3. The number of anilines is 2. The summed E-state index contributed by atoms with van der Waals surface area (Å²) >= 11 is 18.1. The lowest BCUT2D eigenvalue weighted by atomic mass is 9.94. The van der Waals surface area contributed by atoms with Crippen molar-refractivity contribution < 1.29 is 19.0 Å². The second-order valence-corrected chi connectivity index (χ2v) is 13.3. The van der Waals surface area contributed by atoms with E-state index < -0.39 is 6.04 Å². The van der Waals surface area contributed by atoms with Crippen molar-refractivity contribution in [1.82, 2.24) is 14.8 Å². The molecule has 1 unspecified atom stereocenters. The molecule has 4 aromatic rings. The Morgan fingerprint density at radius 1 is 1.02 bits per heavy atom. The minimum atomic E-state index is -0.652. The van der Waals surface area contributed by atoms with Crippen molar-refractivity contribution in [2.45, 2.75) is 58.3 Å². The number of carbonyl (C=O) groups is 1. The van der Waals surface area contributed by atoms with Crippen LogP contribution in [0.5, 0.6) is 17.2 Å². The van der Waals surface area contributed by atoms with Crippen LogP contribution >= 0.6 is 50.9 Å². The van der Waals surface area contributed by atoms with Gasteiger partial charge in [0.2, 0.25) is 11.1 Å². The van der Waals surface area contributed by atoms with Crippen LogP contribution in [0, 0.1) is 0 Å². The average Bonchev–Trinajstić information content (AvgIpc) is 3.44. The monoisotopic (exact) mass is 759 g/mol. The highest BCUT2D eigenvalue weighted by Crippen LogP contribution is 2.44. The largest absolute Gasteiger partial charge is 0.492 e. The molecular formula is C34H36BrCl2N5O4S. The minimum absolute atomic E-state index is 0.126. The number of fused-ring (bicyclic) bond motifs is 1. The molecule has 13 heteroatoms. The van der Waals surface area contributed by atoms with Crippen molar-refractivity contribution in [3.8, 4) is 17.2 Å². The third kappa shape index (κ3) is 8.02. The van der Waals surface area contributed by atoms with Crippen LogP contribution in [0.15, 0.2) is 75.5 Å². The smallest absolute Gasteiger partial charge is 0.255 e. The Morgan fingerprint density at radius 3 is 2.47 bits per heavy atom. The van der Waals surface area contributed by atoms with E-state index in [2.05, 4.69) is 33.5 Å². The molecule has 1 aromatic heterocycles. The summed E-state index contributed by atoms with van der Waals surface area (Å²) in [6.45, 7) is 8.78. The number of unbranched alkanes of at least 4 members (excludes halogenated alkanes) is 1. The van der Waals surface area contributed by atoms with Crippen LogP contribution in [-0.4, -0.2) is 39.6 Å².